The summed E-state index contributed by atoms with van der Waals surface area (Å²) in [7, 11) is 1.38. The van der Waals surface area contributed by atoms with Crippen LogP contribution in [-0.4, -0.2) is 48.1 Å². The largest absolute Gasteiger partial charge is 0.469 e. The zero-order valence-corrected chi connectivity index (χ0v) is 13.5. The molecule has 21 heavy (non-hydrogen) atoms. The first kappa shape index (κ1) is 17.8. The van der Waals surface area contributed by atoms with Crippen molar-refractivity contribution in [1.82, 2.24) is 5.32 Å². The molecule has 1 saturated heterocycles. The Morgan fingerprint density at radius 2 is 1.95 bits per heavy atom. The van der Waals surface area contributed by atoms with Crippen molar-refractivity contribution in [3.63, 3.8) is 0 Å². The smallest absolute Gasteiger partial charge is 0.305 e. The fourth-order valence-corrected chi connectivity index (χ4v) is 3.87. The molecule has 1 aliphatic heterocycles. The third-order valence-corrected chi connectivity index (χ3v) is 4.77. The summed E-state index contributed by atoms with van der Waals surface area (Å²) in [6.07, 6.45) is 2.56. The highest BCUT2D eigenvalue weighted by Gasteiger charge is 2.39. The molecular weight excluding hydrogens is 294 g/mol. The SMILES string of the molecule is COC(=O)CCCC[C@@H]1SC[C@H](NC(C)=O)[C@H]1OC(C)=O. The Balaban J connectivity index is 2.45. The van der Waals surface area contributed by atoms with Gasteiger partial charge in [-0.15, -0.1) is 0 Å². The Kier molecular flexibility index (Phi) is 7.56. The predicted octanol–water partition coefficient (Wildman–Crippen LogP) is 1.27. The third-order valence-electron chi connectivity index (χ3n) is 3.29. The van der Waals surface area contributed by atoms with Crippen molar-refractivity contribution in [3.8, 4) is 0 Å². The number of esters is 2. The number of carbonyl (C=O) groups is 3. The molecule has 0 saturated carbocycles. The van der Waals surface area contributed by atoms with Crippen LogP contribution in [0.2, 0.25) is 0 Å². The molecule has 1 fully saturated rings. The number of hydrogen-bond donors (Lipinski definition) is 1. The van der Waals surface area contributed by atoms with Gasteiger partial charge in [0.05, 0.1) is 13.2 Å². The number of nitrogens with one attached hydrogen (secondary N) is 1. The minimum atomic E-state index is -0.336. The van der Waals surface area contributed by atoms with E-state index in [0.717, 1.165) is 25.0 Å². The molecule has 3 atom stereocenters. The van der Waals surface area contributed by atoms with Crippen molar-refractivity contribution in [3.05, 3.63) is 0 Å². The van der Waals surface area contributed by atoms with Gasteiger partial charge in [0.15, 0.2) is 0 Å². The second kappa shape index (κ2) is 8.92. The number of hydrogen-bond acceptors (Lipinski definition) is 6. The highest BCUT2D eigenvalue weighted by molar-refractivity contribution is 8.00. The van der Waals surface area contributed by atoms with Crippen LogP contribution in [0.1, 0.15) is 39.5 Å². The summed E-state index contributed by atoms with van der Waals surface area (Å²) in [4.78, 5) is 33.5. The quantitative estimate of drug-likeness (QED) is 0.562. The van der Waals surface area contributed by atoms with Crippen molar-refractivity contribution in [2.45, 2.75) is 56.9 Å². The van der Waals surface area contributed by atoms with Crippen LogP contribution in [0.4, 0.5) is 0 Å². The van der Waals surface area contributed by atoms with Gasteiger partial charge in [-0.05, 0) is 12.8 Å². The number of methoxy groups -OCH3 is 1. The Bertz CT molecular complexity index is 388. The lowest BCUT2D eigenvalue weighted by molar-refractivity contribution is -0.148. The standard InChI is InChI=1S/C14H23NO5S/c1-9(16)15-11-8-21-12(14(11)20-10(2)17)6-4-5-7-13(18)19-3/h11-12,14H,4-8H2,1-3H3,(H,15,16)/t11-,12-,14+/m0/s1. The van der Waals surface area contributed by atoms with E-state index in [-0.39, 0.29) is 35.2 Å². The molecule has 1 N–H and O–H groups in total. The van der Waals surface area contributed by atoms with Gasteiger partial charge in [0.25, 0.3) is 0 Å². The first-order valence-electron chi connectivity index (χ1n) is 7.06. The topological polar surface area (TPSA) is 81.7 Å². The van der Waals surface area contributed by atoms with Crippen molar-refractivity contribution in [1.29, 1.82) is 0 Å². The summed E-state index contributed by atoms with van der Waals surface area (Å²) >= 11 is 1.70. The van der Waals surface area contributed by atoms with Gasteiger partial charge in [-0.25, -0.2) is 0 Å². The van der Waals surface area contributed by atoms with Crippen molar-refractivity contribution in [2.24, 2.45) is 0 Å². The van der Waals surface area contributed by atoms with Gasteiger partial charge >= 0.3 is 11.9 Å². The lowest BCUT2D eigenvalue weighted by atomic mass is 10.0. The van der Waals surface area contributed by atoms with Gasteiger partial charge in [-0.3, -0.25) is 14.4 Å². The molecule has 0 unspecified atom stereocenters. The van der Waals surface area contributed by atoms with Crippen LogP contribution < -0.4 is 5.32 Å². The monoisotopic (exact) mass is 317 g/mol. The maximum atomic E-state index is 11.2. The molecule has 1 aliphatic rings. The van der Waals surface area contributed by atoms with Crippen molar-refractivity contribution < 1.29 is 23.9 Å². The summed E-state index contributed by atoms with van der Waals surface area (Å²) in [6.45, 7) is 2.83. The summed E-state index contributed by atoms with van der Waals surface area (Å²) in [6, 6.07) is -0.137. The molecule has 6 nitrogen and oxygen atoms in total. The van der Waals surface area contributed by atoms with Crippen molar-refractivity contribution >= 4 is 29.6 Å². The summed E-state index contributed by atoms with van der Waals surface area (Å²) < 4.78 is 9.97. The zero-order chi connectivity index (χ0) is 15.8. The van der Waals surface area contributed by atoms with E-state index >= 15 is 0 Å². The molecule has 0 aromatic rings. The normalized spacial score (nSPS) is 24.4. The summed E-state index contributed by atoms with van der Waals surface area (Å²) in [5.41, 5.74) is 0. The first-order valence-corrected chi connectivity index (χ1v) is 8.11. The van der Waals surface area contributed by atoms with Gasteiger partial charge in [0.1, 0.15) is 6.10 Å². The van der Waals surface area contributed by atoms with Gasteiger partial charge in [0, 0.05) is 31.3 Å². The molecule has 7 heteroatoms. The average Bonchev–Trinajstić information content (AvgIpc) is 2.75. The number of thioether (sulfide) groups is 1. The molecule has 1 amide bonds. The third kappa shape index (κ3) is 6.37. The molecule has 0 aromatic heterocycles. The van der Waals surface area contributed by atoms with Gasteiger partial charge in [-0.2, -0.15) is 11.8 Å². The molecule has 0 aromatic carbocycles. The van der Waals surface area contributed by atoms with E-state index < -0.39 is 0 Å². The van der Waals surface area contributed by atoms with Crippen molar-refractivity contribution in [2.75, 3.05) is 12.9 Å². The van der Waals surface area contributed by atoms with Crippen LogP contribution in [0.5, 0.6) is 0 Å². The number of rotatable bonds is 7. The number of unbranched alkanes of at least 4 members (excludes halogenated alkanes) is 1. The van der Waals surface area contributed by atoms with Crippen LogP contribution in [-0.2, 0) is 23.9 Å². The molecule has 0 spiro atoms. The number of amides is 1. The van der Waals surface area contributed by atoms with E-state index in [9.17, 15) is 14.4 Å². The van der Waals surface area contributed by atoms with E-state index in [0.29, 0.717) is 6.42 Å². The summed E-state index contributed by atoms with van der Waals surface area (Å²) in [5.74, 6) is 0.0716. The molecule has 120 valence electrons. The van der Waals surface area contributed by atoms with E-state index in [1.807, 2.05) is 0 Å². The predicted molar refractivity (Wildman–Crippen MR) is 79.9 cm³/mol. The van der Waals surface area contributed by atoms with E-state index in [4.69, 9.17) is 4.74 Å². The highest BCUT2D eigenvalue weighted by Crippen LogP contribution is 2.33. The molecule has 0 bridgehead atoms. The molecule has 1 heterocycles. The molecule has 0 radical (unpaired) electrons. The minimum absolute atomic E-state index is 0.121. The Hall–Kier alpha value is -1.24. The Morgan fingerprint density at radius 3 is 2.52 bits per heavy atom. The fourth-order valence-electron chi connectivity index (χ4n) is 2.38. The minimum Gasteiger partial charge on any atom is -0.469 e. The molecule has 1 rings (SSSR count). The Labute approximate surface area is 129 Å². The van der Waals surface area contributed by atoms with Gasteiger partial charge < -0.3 is 14.8 Å². The van der Waals surface area contributed by atoms with E-state index in [2.05, 4.69) is 10.1 Å². The lowest BCUT2D eigenvalue weighted by Crippen LogP contribution is -2.45. The number of ether oxygens (including phenoxy) is 2. The molecular formula is C14H23NO5S. The highest BCUT2D eigenvalue weighted by atomic mass is 32.2. The van der Waals surface area contributed by atoms with Crippen LogP contribution in [0, 0.1) is 0 Å². The molecule has 0 aliphatic carbocycles. The zero-order valence-electron chi connectivity index (χ0n) is 12.7. The lowest BCUT2D eigenvalue weighted by Gasteiger charge is -2.24. The maximum absolute atomic E-state index is 11.2. The van der Waals surface area contributed by atoms with Crippen LogP contribution in [0.3, 0.4) is 0 Å². The van der Waals surface area contributed by atoms with Gasteiger partial charge in [-0.1, -0.05) is 6.42 Å². The fraction of sp³-hybridized carbons (Fsp3) is 0.786. The van der Waals surface area contributed by atoms with Crippen LogP contribution >= 0.6 is 11.8 Å². The Morgan fingerprint density at radius 1 is 1.24 bits per heavy atom. The second-order valence-corrected chi connectivity index (χ2v) is 6.35. The average molecular weight is 317 g/mol. The van der Waals surface area contributed by atoms with Gasteiger partial charge in [0.2, 0.25) is 5.91 Å². The second-order valence-electron chi connectivity index (χ2n) is 5.07. The van der Waals surface area contributed by atoms with Crippen LogP contribution in [0.15, 0.2) is 0 Å². The maximum Gasteiger partial charge on any atom is 0.305 e. The van der Waals surface area contributed by atoms with E-state index in [1.165, 1.54) is 21.0 Å². The van der Waals surface area contributed by atoms with E-state index in [1.54, 1.807) is 11.8 Å². The summed E-state index contributed by atoms with van der Waals surface area (Å²) in [5, 5.41) is 2.99. The number of carbonyl (C=O) groups excluding carboxylic acids is 3. The first-order chi connectivity index (χ1) is 9.93. The van der Waals surface area contributed by atoms with Crippen LogP contribution in [0.25, 0.3) is 0 Å².